The van der Waals surface area contributed by atoms with Gasteiger partial charge in [-0.05, 0) is 30.3 Å². The lowest BCUT2D eigenvalue weighted by atomic mass is 10.2. The van der Waals surface area contributed by atoms with Gasteiger partial charge in [-0.3, -0.25) is 4.79 Å². The first-order chi connectivity index (χ1) is 13.3. The summed E-state index contributed by atoms with van der Waals surface area (Å²) in [7, 11) is 1.66. The van der Waals surface area contributed by atoms with Crippen LogP contribution in [0.5, 0.6) is 5.75 Å². The van der Waals surface area contributed by atoms with E-state index in [-0.39, 0.29) is 11.7 Å². The predicted octanol–water partition coefficient (Wildman–Crippen LogP) is 3.62. The third-order valence-corrected chi connectivity index (χ3v) is 4.41. The minimum Gasteiger partial charge on any atom is -0.496 e. The Labute approximate surface area is 156 Å². The number of aromatic nitrogens is 2. The summed E-state index contributed by atoms with van der Waals surface area (Å²) in [5, 5.41) is 2.87. The van der Waals surface area contributed by atoms with Crippen molar-refractivity contribution in [1.29, 1.82) is 0 Å². The normalized spacial score (nSPS) is 10.9. The SMILES string of the molecule is COc1ccccc1Cn1c(CNC(=O)c2ccco2)nc2ccccc21. The maximum absolute atomic E-state index is 12.2. The Hall–Kier alpha value is -3.54. The fraction of sp³-hybridized carbons (Fsp3) is 0.143. The van der Waals surface area contributed by atoms with Gasteiger partial charge >= 0.3 is 0 Å². The highest BCUT2D eigenvalue weighted by Gasteiger charge is 2.15. The Bertz CT molecular complexity index is 1070. The van der Waals surface area contributed by atoms with Crippen LogP contribution in [0.25, 0.3) is 11.0 Å². The molecule has 0 spiro atoms. The molecule has 2 heterocycles. The van der Waals surface area contributed by atoms with E-state index in [0.29, 0.717) is 13.1 Å². The third-order valence-electron chi connectivity index (χ3n) is 4.41. The average Bonchev–Trinajstić information content (AvgIpc) is 3.35. The molecule has 0 bridgehead atoms. The Morgan fingerprint density at radius 1 is 1.11 bits per heavy atom. The molecular weight excluding hydrogens is 342 g/mol. The van der Waals surface area contributed by atoms with Gasteiger partial charge < -0.3 is 19.0 Å². The van der Waals surface area contributed by atoms with Gasteiger partial charge in [-0.25, -0.2) is 4.98 Å². The van der Waals surface area contributed by atoms with E-state index in [9.17, 15) is 4.79 Å². The molecule has 4 rings (SSSR count). The highest BCUT2D eigenvalue weighted by atomic mass is 16.5. The third kappa shape index (κ3) is 3.42. The summed E-state index contributed by atoms with van der Waals surface area (Å²) in [6.45, 7) is 0.889. The van der Waals surface area contributed by atoms with Gasteiger partial charge in [0.05, 0.1) is 37.5 Å². The smallest absolute Gasteiger partial charge is 0.287 e. The van der Waals surface area contributed by atoms with E-state index in [1.807, 2.05) is 48.5 Å². The average molecular weight is 361 g/mol. The standard InChI is InChI=1S/C21H19N3O3/c1-26-18-10-5-2-7-15(18)14-24-17-9-4-3-8-16(17)23-20(24)13-22-21(25)19-11-6-12-27-19/h2-12H,13-14H2,1H3,(H,22,25). The van der Waals surface area contributed by atoms with Crippen molar-refractivity contribution >= 4 is 16.9 Å². The molecule has 0 aliphatic carbocycles. The van der Waals surface area contributed by atoms with Gasteiger partial charge in [0.1, 0.15) is 11.6 Å². The van der Waals surface area contributed by atoms with Crippen molar-refractivity contribution in [3.63, 3.8) is 0 Å². The molecular formula is C21H19N3O3. The van der Waals surface area contributed by atoms with Crippen LogP contribution in [0.3, 0.4) is 0 Å². The van der Waals surface area contributed by atoms with Crippen molar-refractivity contribution in [1.82, 2.24) is 14.9 Å². The summed E-state index contributed by atoms with van der Waals surface area (Å²) in [6.07, 6.45) is 1.48. The van der Waals surface area contributed by atoms with Crippen molar-refractivity contribution in [3.05, 3.63) is 84.1 Å². The number of amides is 1. The number of hydrogen-bond donors (Lipinski definition) is 1. The molecule has 0 fully saturated rings. The summed E-state index contributed by atoms with van der Waals surface area (Å²) >= 11 is 0. The Morgan fingerprint density at radius 2 is 1.93 bits per heavy atom. The molecule has 1 N–H and O–H groups in total. The first-order valence-corrected chi connectivity index (χ1v) is 8.64. The molecule has 136 valence electrons. The Balaban J connectivity index is 1.66. The molecule has 0 atom stereocenters. The number of carbonyl (C=O) groups is 1. The number of carbonyl (C=O) groups excluding carboxylic acids is 1. The molecule has 0 aliphatic heterocycles. The maximum atomic E-state index is 12.2. The summed E-state index contributed by atoms with van der Waals surface area (Å²) in [4.78, 5) is 16.9. The first-order valence-electron chi connectivity index (χ1n) is 8.64. The van der Waals surface area contributed by atoms with E-state index in [4.69, 9.17) is 14.1 Å². The highest BCUT2D eigenvalue weighted by molar-refractivity contribution is 5.91. The van der Waals surface area contributed by atoms with Crippen LogP contribution in [-0.2, 0) is 13.1 Å². The van der Waals surface area contributed by atoms with Crippen LogP contribution in [0.15, 0.2) is 71.3 Å². The Kier molecular flexibility index (Phi) is 4.61. The number of para-hydroxylation sites is 3. The molecule has 0 unspecified atom stereocenters. The fourth-order valence-electron chi connectivity index (χ4n) is 3.09. The van der Waals surface area contributed by atoms with Gasteiger partial charge in [-0.1, -0.05) is 30.3 Å². The van der Waals surface area contributed by atoms with E-state index in [0.717, 1.165) is 28.2 Å². The van der Waals surface area contributed by atoms with E-state index in [1.54, 1.807) is 19.2 Å². The van der Waals surface area contributed by atoms with Crippen LogP contribution < -0.4 is 10.1 Å². The number of furan rings is 1. The van der Waals surface area contributed by atoms with Gasteiger partial charge in [0.25, 0.3) is 5.91 Å². The number of nitrogens with one attached hydrogen (secondary N) is 1. The zero-order valence-corrected chi connectivity index (χ0v) is 14.9. The predicted molar refractivity (Wildman–Crippen MR) is 102 cm³/mol. The second-order valence-corrected chi connectivity index (χ2v) is 6.07. The number of rotatable bonds is 6. The van der Waals surface area contributed by atoms with Gasteiger partial charge in [0.2, 0.25) is 0 Å². The number of methoxy groups -OCH3 is 1. The fourth-order valence-corrected chi connectivity index (χ4v) is 3.09. The largest absolute Gasteiger partial charge is 0.496 e. The lowest BCUT2D eigenvalue weighted by Crippen LogP contribution is -2.24. The molecule has 0 radical (unpaired) electrons. The Morgan fingerprint density at radius 3 is 2.74 bits per heavy atom. The van der Waals surface area contributed by atoms with Gasteiger partial charge in [0.15, 0.2) is 5.76 Å². The second-order valence-electron chi connectivity index (χ2n) is 6.07. The lowest BCUT2D eigenvalue weighted by Gasteiger charge is -2.13. The van der Waals surface area contributed by atoms with Crippen molar-refractivity contribution in [2.24, 2.45) is 0 Å². The zero-order chi connectivity index (χ0) is 18.6. The van der Waals surface area contributed by atoms with Crippen molar-refractivity contribution in [3.8, 4) is 5.75 Å². The molecule has 0 aliphatic rings. The van der Waals surface area contributed by atoms with Crippen molar-refractivity contribution in [2.45, 2.75) is 13.1 Å². The van der Waals surface area contributed by atoms with E-state index in [2.05, 4.69) is 9.88 Å². The summed E-state index contributed by atoms with van der Waals surface area (Å²) in [5.41, 5.74) is 2.93. The number of hydrogen-bond acceptors (Lipinski definition) is 4. The van der Waals surface area contributed by atoms with E-state index >= 15 is 0 Å². The van der Waals surface area contributed by atoms with Crippen LogP contribution in [0.2, 0.25) is 0 Å². The highest BCUT2D eigenvalue weighted by Crippen LogP contribution is 2.23. The number of imidazole rings is 1. The number of nitrogens with zero attached hydrogens (tertiary/aromatic N) is 2. The van der Waals surface area contributed by atoms with Crippen LogP contribution in [0.4, 0.5) is 0 Å². The van der Waals surface area contributed by atoms with Crippen LogP contribution in [-0.4, -0.2) is 22.6 Å². The van der Waals surface area contributed by atoms with E-state index < -0.39 is 0 Å². The molecule has 6 heteroatoms. The molecule has 27 heavy (non-hydrogen) atoms. The minimum absolute atomic E-state index is 0.268. The number of benzene rings is 2. The van der Waals surface area contributed by atoms with Crippen LogP contribution >= 0.6 is 0 Å². The summed E-state index contributed by atoms with van der Waals surface area (Å²) in [6, 6.07) is 19.1. The van der Waals surface area contributed by atoms with E-state index in [1.165, 1.54) is 6.26 Å². The molecule has 0 saturated heterocycles. The van der Waals surface area contributed by atoms with Gasteiger partial charge in [-0.15, -0.1) is 0 Å². The van der Waals surface area contributed by atoms with Gasteiger partial charge in [0, 0.05) is 5.56 Å². The monoisotopic (exact) mass is 361 g/mol. The lowest BCUT2D eigenvalue weighted by molar-refractivity contribution is 0.0922. The summed E-state index contributed by atoms with van der Waals surface area (Å²) < 4.78 is 12.7. The zero-order valence-electron chi connectivity index (χ0n) is 14.9. The quantitative estimate of drug-likeness (QED) is 0.569. The molecule has 4 aromatic rings. The van der Waals surface area contributed by atoms with Gasteiger partial charge in [-0.2, -0.15) is 0 Å². The van der Waals surface area contributed by atoms with Crippen molar-refractivity contribution < 1.29 is 13.9 Å². The molecule has 2 aromatic carbocycles. The first kappa shape index (κ1) is 16.9. The second kappa shape index (κ2) is 7.37. The van der Waals surface area contributed by atoms with Crippen LogP contribution in [0.1, 0.15) is 21.9 Å². The number of fused-ring (bicyclic) bond motifs is 1. The minimum atomic E-state index is -0.268. The molecule has 1 amide bonds. The molecule has 2 aromatic heterocycles. The summed E-state index contributed by atoms with van der Waals surface area (Å²) in [5.74, 6) is 1.60. The molecule has 6 nitrogen and oxygen atoms in total. The van der Waals surface area contributed by atoms with Crippen molar-refractivity contribution in [2.75, 3.05) is 7.11 Å². The topological polar surface area (TPSA) is 69.3 Å². The molecule has 0 saturated carbocycles. The maximum Gasteiger partial charge on any atom is 0.287 e. The number of ether oxygens (including phenoxy) is 1. The van der Waals surface area contributed by atoms with Crippen LogP contribution in [0, 0.1) is 0 Å².